The Bertz CT molecular complexity index is 352. The molecule has 0 aliphatic carbocycles. The Morgan fingerprint density at radius 2 is 1.81 bits per heavy atom. The lowest BCUT2D eigenvalue weighted by molar-refractivity contribution is -0.140. The lowest BCUT2D eigenvalue weighted by Gasteiger charge is -2.12. The number of rotatable bonds is 2. The third-order valence-electron chi connectivity index (χ3n) is 1.89. The van der Waals surface area contributed by atoms with Gasteiger partial charge in [0, 0.05) is 0 Å². The highest BCUT2D eigenvalue weighted by Crippen LogP contribution is 2.32. The molecule has 0 aliphatic heterocycles. The van der Waals surface area contributed by atoms with Crippen molar-refractivity contribution in [2.24, 2.45) is 5.73 Å². The predicted octanol–water partition coefficient (Wildman–Crippen LogP) is 3.24. The second-order valence-electron chi connectivity index (χ2n) is 3.00. The van der Waals surface area contributed by atoms with Gasteiger partial charge in [-0.05, 0) is 17.7 Å². The van der Waals surface area contributed by atoms with Gasteiger partial charge in [0.2, 0.25) is 0 Å². The third kappa shape index (κ3) is 3.31. The summed E-state index contributed by atoms with van der Waals surface area (Å²) in [6.45, 7) is -0.997. The van der Waals surface area contributed by atoms with Gasteiger partial charge in [-0.1, -0.05) is 6.07 Å². The summed E-state index contributed by atoms with van der Waals surface area (Å²) in [7, 11) is 0. The van der Waals surface area contributed by atoms with Crippen LogP contribution in [-0.2, 0) is 6.18 Å². The van der Waals surface area contributed by atoms with E-state index in [1.807, 2.05) is 0 Å². The Balaban J connectivity index is 0.00000225. The van der Waals surface area contributed by atoms with Crippen LogP contribution in [0, 0.1) is 5.82 Å². The summed E-state index contributed by atoms with van der Waals surface area (Å²) in [5, 5.41) is 0. The molecule has 2 N–H and O–H groups in total. The standard InChI is InChI=1S/C9H8F5N.ClH/c10-4-8(15)5-1-2-7(11)6(3-5)9(12,13)14;/h1-3,8H,4,15H2;1H/t8-;/m1./s1. The van der Waals surface area contributed by atoms with Gasteiger partial charge in [-0.2, -0.15) is 13.2 Å². The van der Waals surface area contributed by atoms with Crippen molar-refractivity contribution in [3.63, 3.8) is 0 Å². The van der Waals surface area contributed by atoms with Gasteiger partial charge >= 0.3 is 6.18 Å². The van der Waals surface area contributed by atoms with Crippen LogP contribution < -0.4 is 5.73 Å². The third-order valence-corrected chi connectivity index (χ3v) is 1.89. The highest BCUT2D eigenvalue weighted by Gasteiger charge is 2.34. The number of hydrogen-bond donors (Lipinski definition) is 1. The van der Waals surface area contributed by atoms with Crippen molar-refractivity contribution in [3.05, 3.63) is 35.1 Å². The van der Waals surface area contributed by atoms with E-state index in [4.69, 9.17) is 5.73 Å². The molecule has 0 bridgehead atoms. The van der Waals surface area contributed by atoms with Gasteiger partial charge in [-0.15, -0.1) is 12.4 Å². The number of halogens is 6. The molecule has 1 atom stereocenters. The molecule has 0 fully saturated rings. The zero-order valence-electron chi connectivity index (χ0n) is 7.89. The first-order chi connectivity index (χ1) is 6.86. The second-order valence-corrected chi connectivity index (χ2v) is 3.00. The van der Waals surface area contributed by atoms with E-state index in [9.17, 15) is 22.0 Å². The zero-order chi connectivity index (χ0) is 11.6. The van der Waals surface area contributed by atoms with Crippen molar-refractivity contribution in [3.8, 4) is 0 Å². The molecule has 1 rings (SSSR count). The lowest BCUT2D eigenvalue weighted by Crippen LogP contribution is -2.15. The monoisotopic (exact) mass is 261 g/mol. The highest BCUT2D eigenvalue weighted by atomic mass is 35.5. The van der Waals surface area contributed by atoms with E-state index in [1.165, 1.54) is 0 Å². The van der Waals surface area contributed by atoms with Crippen molar-refractivity contribution < 1.29 is 22.0 Å². The first-order valence-electron chi connectivity index (χ1n) is 4.04. The van der Waals surface area contributed by atoms with Gasteiger partial charge in [0.25, 0.3) is 0 Å². The molecule has 7 heteroatoms. The number of nitrogens with two attached hydrogens (primary N) is 1. The number of alkyl halides is 4. The summed E-state index contributed by atoms with van der Waals surface area (Å²) >= 11 is 0. The second kappa shape index (κ2) is 5.45. The molecule has 0 saturated carbocycles. The van der Waals surface area contributed by atoms with Crippen molar-refractivity contribution in [1.29, 1.82) is 0 Å². The molecule has 0 aliphatic rings. The van der Waals surface area contributed by atoms with E-state index in [-0.39, 0.29) is 18.0 Å². The van der Waals surface area contributed by atoms with Crippen molar-refractivity contribution in [2.45, 2.75) is 12.2 Å². The van der Waals surface area contributed by atoms with Crippen LogP contribution in [-0.4, -0.2) is 6.67 Å². The summed E-state index contributed by atoms with van der Waals surface area (Å²) in [5.41, 5.74) is 3.69. The molecule has 0 saturated heterocycles. The minimum Gasteiger partial charge on any atom is -0.322 e. The zero-order valence-corrected chi connectivity index (χ0v) is 8.71. The van der Waals surface area contributed by atoms with Crippen molar-refractivity contribution >= 4 is 12.4 Å². The molecule has 0 unspecified atom stereocenters. The van der Waals surface area contributed by atoms with Crippen LogP contribution in [0.5, 0.6) is 0 Å². The Labute approximate surface area is 94.8 Å². The van der Waals surface area contributed by atoms with E-state index in [2.05, 4.69) is 0 Å². The molecule has 1 aromatic rings. The fourth-order valence-electron chi connectivity index (χ4n) is 1.08. The van der Waals surface area contributed by atoms with Crippen molar-refractivity contribution in [1.82, 2.24) is 0 Å². The summed E-state index contributed by atoms with van der Waals surface area (Å²) in [6, 6.07) is 1.04. The van der Waals surface area contributed by atoms with Crippen LogP contribution in [0.1, 0.15) is 17.2 Å². The van der Waals surface area contributed by atoms with Gasteiger partial charge in [0.1, 0.15) is 12.5 Å². The Morgan fingerprint density at radius 3 is 2.25 bits per heavy atom. The summed E-state index contributed by atoms with van der Waals surface area (Å²) in [4.78, 5) is 0. The van der Waals surface area contributed by atoms with Crippen LogP contribution >= 0.6 is 12.4 Å². The molecule has 0 amide bonds. The first kappa shape index (κ1) is 15.1. The lowest BCUT2D eigenvalue weighted by atomic mass is 10.0. The summed E-state index contributed by atoms with van der Waals surface area (Å²) < 4.78 is 61.5. The van der Waals surface area contributed by atoms with Crippen molar-refractivity contribution in [2.75, 3.05) is 6.67 Å². The van der Waals surface area contributed by atoms with Crippen LogP contribution in [0.15, 0.2) is 18.2 Å². The fourth-order valence-corrected chi connectivity index (χ4v) is 1.08. The molecule has 1 aromatic carbocycles. The van der Waals surface area contributed by atoms with Gasteiger partial charge in [-0.25, -0.2) is 8.78 Å². The maximum Gasteiger partial charge on any atom is 0.419 e. The minimum atomic E-state index is -4.80. The maximum absolute atomic E-state index is 12.8. The summed E-state index contributed by atoms with van der Waals surface area (Å²) in [6.07, 6.45) is -4.80. The molecule has 0 radical (unpaired) electrons. The highest BCUT2D eigenvalue weighted by molar-refractivity contribution is 5.85. The fraction of sp³-hybridized carbons (Fsp3) is 0.333. The molecule has 16 heavy (non-hydrogen) atoms. The Morgan fingerprint density at radius 1 is 1.25 bits per heavy atom. The topological polar surface area (TPSA) is 26.0 Å². The Hall–Kier alpha value is -0.880. The smallest absolute Gasteiger partial charge is 0.322 e. The molecule has 0 heterocycles. The Kier molecular flexibility index (Phi) is 5.15. The van der Waals surface area contributed by atoms with Gasteiger partial charge in [0.15, 0.2) is 0 Å². The average molecular weight is 262 g/mol. The predicted molar refractivity (Wildman–Crippen MR) is 51.6 cm³/mol. The first-order valence-corrected chi connectivity index (χ1v) is 4.04. The van der Waals surface area contributed by atoms with Gasteiger partial charge < -0.3 is 5.73 Å². The molecule has 92 valence electrons. The SMILES string of the molecule is Cl.N[C@H](CF)c1ccc(F)c(C(F)(F)F)c1. The van der Waals surface area contributed by atoms with E-state index >= 15 is 0 Å². The maximum atomic E-state index is 12.8. The molecule has 0 aromatic heterocycles. The molecular formula is C9H9ClF5N. The largest absolute Gasteiger partial charge is 0.419 e. The summed E-state index contributed by atoms with van der Waals surface area (Å²) in [5.74, 6) is -1.39. The van der Waals surface area contributed by atoms with E-state index in [0.29, 0.717) is 12.1 Å². The van der Waals surface area contributed by atoms with Crippen LogP contribution in [0.3, 0.4) is 0 Å². The van der Waals surface area contributed by atoms with Crippen LogP contribution in [0.4, 0.5) is 22.0 Å². The van der Waals surface area contributed by atoms with Gasteiger partial charge in [-0.3, -0.25) is 0 Å². The van der Waals surface area contributed by atoms with E-state index in [1.54, 1.807) is 0 Å². The minimum absolute atomic E-state index is 0. The van der Waals surface area contributed by atoms with Crippen LogP contribution in [0.25, 0.3) is 0 Å². The van der Waals surface area contributed by atoms with E-state index < -0.39 is 30.3 Å². The normalized spacial score (nSPS) is 13.1. The quantitative estimate of drug-likeness (QED) is 0.813. The number of hydrogen-bond acceptors (Lipinski definition) is 1. The van der Waals surface area contributed by atoms with Crippen LogP contribution in [0.2, 0.25) is 0 Å². The molecule has 1 nitrogen and oxygen atoms in total. The molecule has 0 spiro atoms. The number of benzene rings is 1. The molecular weight excluding hydrogens is 253 g/mol. The van der Waals surface area contributed by atoms with Gasteiger partial charge in [0.05, 0.1) is 11.6 Å². The van der Waals surface area contributed by atoms with E-state index in [0.717, 1.165) is 6.07 Å². The average Bonchev–Trinajstić information content (AvgIpc) is 2.15.